The number of hydrogen-bond donors (Lipinski definition) is 2. The molecule has 0 aliphatic carbocycles. The van der Waals surface area contributed by atoms with Crippen molar-refractivity contribution in [2.24, 2.45) is 5.92 Å². The van der Waals surface area contributed by atoms with Crippen molar-refractivity contribution in [2.75, 3.05) is 26.7 Å². The van der Waals surface area contributed by atoms with Crippen molar-refractivity contribution in [1.82, 2.24) is 10.6 Å². The van der Waals surface area contributed by atoms with Crippen molar-refractivity contribution in [2.45, 2.75) is 26.0 Å². The normalized spacial score (nSPS) is 13.9. The van der Waals surface area contributed by atoms with E-state index in [4.69, 9.17) is 21.1 Å². The van der Waals surface area contributed by atoms with Gasteiger partial charge in [0, 0.05) is 11.6 Å². The van der Waals surface area contributed by atoms with Crippen molar-refractivity contribution >= 4 is 36.4 Å². The smallest absolute Gasteiger partial charge is 0.161 e. The van der Waals surface area contributed by atoms with Gasteiger partial charge in [-0.05, 0) is 73.8 Å². The molecule has 28 heavy (non-hydrogen) atoms. The summed E-state index contributed by atoms with van der Waals surface area (Å²) in [7, 11) is 1.67. The Kier molecular flexibility index (Phi) is 11.7. The van der Waals surface area contributed by atoms with E-state index in [2.05, 4.69) is 16.7 Å². The molecule has 2 N–H and O–H groups in total. The molecule has 1 fully saturated rings. The second-order valence-electron chi connectivity index (χ2n) is 6.73. The molecule has 0 aromatic heterocycles. The van der Waals surface area contributed by atoms with Crippen LogP contribution in [0.1, 0.15) is 24.0 Å². The Hall–Kier alpha value is -1.17. The second kappa shape index (κ2) is 13.1. The highest BCUT2D eigenvalue weighted by Crippen LogP contribution is 2.29. The number of rotatable bonds is 8. The lowest BCUT2D eigenvalue weighted by atomic mass is 9.98. The predicted molar refractivity (Wildman–Crippen MR) is 121 cm³/mol. The molecule has 0 spiro atoms. The number of hydrogen-bond acceptors (Lipinski definition) is 4. The van der Waals surface area contributed by atoms with Gasteiger partial charge < -0.3 is 20.1 Å². The topological polar surface area (TPSA) is 42.5 Å². The van der Waals surface area contributed by atoms with Crippen molar-refractivity contribution < 1.29 is 9.47 Å². The first kappa shape index (κ1) is 24.9. The minimum atomic E-state index is 0. The lowest BCUT2D eigenvalue weighted by molar-refractivity contribution is 0.284. The van der Waals surface area contributed by atoms with E-state index in [-0.39, 0.29) is 24.8 Å². The van der Waals surface area contributed by atoms with Crippen LogP contribution in [-0.4, -0.2) is 26.7 Å². The minimum absolute atomic E-state index is 0. The van der Waals surface area contributed by atoms with Crippen LogP contribution in [0, 0.1) is 5.92 Å². The third-order valence-electron chi connectivity index (χ3n) is 4.73. The van der Waals surface area contributed by atoms with E-state index < -0.39 is 0 Å². The molecule has 0 radical (unpaired) electrons. The Morgan fingerprint density at radius 1 is 1.04 bits per heavy atom. The molecule has 1 aliphatic rings. The van der Waals surface area contributed by atoms with Gasteiger partial charge in [0.25, 0.3) is 0 Å². The van der Waals surface area contributed by atoms with Gasteiger partial charge in [-0.2, -0.15) is 0 Å². The number of piperidine rings is 1. The molecule has 0 atom stereocenters. The van der Waals surface area contributed by atoms with Crippen molar-refractivity contribution in [3.63, 3.8) is 0 Å². The Labute approximate surface area is 185 Å². The zero-order chi connectivity index (χ0) is 18.2. The van der Waals surface area contributed by atoms with E-state index >= 15 is 0 Å². The average Bonchev–Trinajstić information content (AvgIpc) is 2.67. The first-order chi connectivity index (χ1) is 12.7. The molecular formula is C21H29Cl3N2O2. The molecule has 2 aromatic rings. The van der Waals surface area contributed by atoms with Crippen LogP contribution in [0.15, 0.2) is 42.5 Å². The van der Waals surface area contributed by atoms with Gasteiger partial charge in [-0.3, -0.25) is 0 Å². The highest BCUT2D eigenvalue weighted by Gasteiger charge is 2.12. The van der Waals surface area contributed by atoms with E-state index in [9.17, 15) is 0 Å². The van der Waals surface area contributed by atoms with Gasteiger partial charge in [0.15, 0.2) is 11.5 Å². The zero-order valence-electron chi connectivity index (χ0n) is 16.1. The molecular weight excluding hydrogens is 419 g/mol. The van der Waals surface area contributed by atoms with Crippen LogP contribution in [0.25, 0.3) is 0 Å². The highest BCUT2D eigenvalue weighted by molar-refractivity contribution is 6.30. The molecule has 1 aliphatic heterocycles. The molecule has 156 valence electrons. The van der Waals surface area contributed by atoms with Crippen molar-refractivity contribution in [3.8, 4) is 11.5 Å². The van der Waals surface area contributed by atoms with Crippen LogP contribution < -0.4 is 20.1 Å². The van der Waals surface area contributed by atoms with Gasteiger partial charge in [0.2, 0.25) is 0 Å². The maximum absolute atomic E-state index is 6.02. The summed E-state index contributed by atoms with van der Waals surface area (Å²) in [6, 6.07) is 13.8. The van der Waals surface area contributed by atoms with Crippen LogP contribution in [0.4, 0.5) is 0 Å². The second-order valence-corrected chi connectivity index (χ2v) is 7.16. The summed E-state index contributed by atoms with van der Waals surface area (Å²) >= 11 is 6.02. The van der Waals surface area contributed by atoms with Crippen molar-refractivity contribution in [1.29, 1.82) is 0 Å². The van der Waals surface area contributed by atoms with Gasteiger partial charge in [0.05, 0.1) is 7.11 Å². The van der Waals surface area contributed by atoms with Gasteiger partial charge >= 0.3 is 0 Å². The Morgan fingerprint density at radius 2 is 1.82 bits per heavy atom. The zero-order valence-corrected chi connectivity index (χ0v) is 18.5. The van der Waals surface area contributed by atoms with E-state index in [0.717, 1.165) is 49.2 Å². The SMILES string of the molecule is COc1cc(CNCC2CCNCC2)ccc1OCc1cccc(Cl)c1.Cl.Cl. The fraction of sp³-hybridized carbons (Fsp3) is 0.429. The standard InChI is InChI=1S/C21H27ClN2O2.2ClH/c1-25-21-12-17(14-24-13-16-7-9-23-10-8-16)5-6-20(21)26-15-18-3-2-4-19(22)11-18;;/h2-6,11-12,16,23-24H,7-10,13-15H2,1H3;2*1H. The Balaban J connectivity index is 0.00000196. The van der Waals surface area contributed by atoms with Crippen LogP contribution in [0.5, 0.6) is 11.5 Å². The van der Waals surface area contributed by atoms with E-state index in [1.54, 1.807) is 7.11 Å². The molecule has 0 saturated carbocycles. The van der Waals surface area contributed by atoms with Crippen LogP contribution in [-0.2, 0) is 13.2 Å². The summed E-state index contributed by atoms with van der Waals surface area (Å²) in [5.41, 5.74) is 2.23. The summed E-state index contributed by atoms with van der Waals surface area (Å²) in [5, 5.41) is 7.69. The summed E-state index contributed by atoms with van der Waals surface area (Å²) < 4.78 is 11.4. The number of halogens is 3. The number of methoxy groups -OCH3 is 1. The third kappa shape index (κ3) is 7.69. The van der Waals surface area contributed by atoms with Crippen LogP contribution >= 0.6 is 36.4 Å². The molecule has 0 bridgehead atoms. The first-order valence-corrected chi connectivity index (χ1v) is 9.58. The third-order valence-corrected chi connectivity index (χ3v) is 4.97. The highest BCUT2D eigenvalue weighted by atomic mass is 35.5. The maximum Gasteiger partial charge on any atom is 0.161 e. The van der Waals surface area contributed by atoms with Gasteiger partial charge in [-0.1, -0.05) is 29.8 Å². The molecule has 1 heterocycles. The number of nitrogens with one attached hydrogen (secondary N) is 2. The van der Waals surface area contributed by atoms with E-state index in [0.29, 0.717) is 11.6 Å². The minimum Gasteiger partial charge on any atom is -0.493 e. The molecule has 0 amide bonds. The predicted octanol–water partition coefficient (Wildman–Crippen LogP) is 4.86. The van der Waals surface area contributed by atoms with Crippen molar-refractivity contribution in [3.05, 3.63) is 58.6 Å². The summed E-state index contributed by atoms with van der Waals surface area (Å²) in [4.78, 5) is 0. The number of benzene rings is 2. The van der Waals surface area contributed by atoms with Crippen LogP contribution in [0.3, 0.4) is 0 Å². The quantitative estimate of drug-likeness (QED) is 0.606. The van der Waals surface area contributed by atoms with Gasteiger partial charge in [0.1, 0.15) is 6.61 Å². The van der Waals surface area contributed by atoms with Crippen LogP contribution in [0.2, 0.25) is 5.02 Å². The summed E-state index contributed by atoms with van der Waals surface area (Å²) in [5.74, 6) is 2.28. The maximum atomic E-state index is 6.02. The molecule has 1 saturated heterocycles. The molecule has 3 rings (SSSR count). The van der Waals surface area contributed by atoms with Gasteiger partial charge in [-0.25, -0.2) is 0 Å². The lowest BCUT2D eigenvalue weighted by Crippen LogP contribution is -2.33. The van der Waals surface area contributed by atoms with Gasteiger partial charge in [-0.15, -0.1) is 24.8 Å². The Bertz CT molecular complexity index is 710. The van der Waals surface area contributed by atoms with E-state index in [1.165, 1.54) is 18.4 Å². The number of ether oxygens (including phenoxy) is 2. The van der Waals surface area contributed by atoms with E-state index in [1.807, 2.05) is 36.4 Å². The summed E-state index contributed by atoms with van der Waals surface area (Å²) in [6.45, 7) is 4.65. The monoisotopic (exact) mass is 446 g/mol. The molecule has 4 nitrogen and oxygen atoms in total. The fourth-order valence-corrected chi connectivity index (χ4v) is 3.45. The summed E-state index contributed by atoms with van der Waals surface area (Å²) in [6.07, 6.45) is 2.51. The molecule has 7 heteroatoms. The lowest BCUT2D eigenvalue weighted by Gasteiger charge is -2.23. The fourth-order valence-electron chi connectivity index (χ4n) is 3.24. The molecule has 0 unspecified atom stereocenters. The average molecular weight is 448 g/mol. The Morgan fingerprint density at radius 3 is 2.54 bits per heavy atom. The largest absolute Gasteiger partial charge is 0.493 e. The first-order valence-electron chi connectivity index (χ1n) is 9.20. The molecule has 2 aromatic carbocycles.